The normalized spacial score (nSPS) is 20.0. The second-order valence-corrected chi connectivity index (χ2v) is 7.94. The Hall–Kier alpha value is -1.67. The van der Waals surface area contributed by atoms with Crippen LogP contribution in [0.5, 0.6) is 0 Å². The summed E-state index contributed by atoms with van der Waals surface area (Å²) >= 11 is 0. The summed E-state index contributed by atoms with van der Waals surface area (Å²) in [5, 5.41) is 7.88. The zero-order valence-electron chi connectivity index (χ0n) is 12.7. The molecule has 124 valence electrons. The molecule has 4 rings (SSSR count). The van der Waals surface area contributed by atoms with E-state index >= 15 is 0 Å². The molecule has 2 aromatic heterocycles. The van der Waals surface area contributed by atoms with Crippen molar-refractivity contribution in [1.29, 1.82) is 0 Å². The first-order valence-corrected chi connectivity index (χ1v) is 9.56. The maximum Gasteiger partial charge on any atom is 0.283 e. The highest BCUT2D eigenvalue weighted by Gasteiger charge is 2.28. The van der Waals surface area contributed by atoms with Gasteiger partial charge in [-0.25, -0.2) is 13.1 Å². The molecule has 0 aliphatic heterocycles. The molecule has 2 fully saturated rings. The lowest BCUT2D eigenvalue weighted by atomic mass is 9.85. The first-order chi connectivity index (χ1) is 11.1. The molecule has 0 amide bonds. The van der Waals surface area contributed by atoms with Crippen molar-refractivity contribution in [3.8, 4) is 11.7 Å². The Morgan fingerprint density at radius 2 is 1.78 bits per heavy atom. The lowest BCUT2D eigenvalue weighted by molar-refractivity contribution is 0.334. The Morgan fingerprint density at radius 3 is 2.48 bits per heavy atom. The van der Waals surface area contributed by atoms with Gasteiger partial charge in [-0.1, -0.05) is 19.3 Å². The molecule has 0 unspecified atom stereocenters. The van der Waals surface area contributed by atoms with E-state index in [4.69, 9.17) is 8.83 Å². The van der Waals surface area contributed by atoms with Crippen LogP contribution in [0.4, 0.5) is 0 Å². The zero-order chi connectivity index (χ0) is 15.9. The molecule has 0 saturated heterocycles. The molecule has 23 heavy (non-hydrogen) atoms. The molecule has 0 bridgehead atoms. The fourth-order valence-corrected chi connectivity index (χ4v) is 4.29. The van der Waals surface area contributed by atoms with Crippen molar-refractivity contribution in [2.45, 2.75) is 62.0 Å². The lowest BCUT2D eigenvalue weighted by Gasteiger charge is -2.20. The van der Waals surface area contributed by atoms with Crippen LogP contribution in [-0.2, 0) is 10.0 Å². The van der Waals surface area contributed by atoms with Crippen molar-refractivity contribution in [3.63, 3.8) is 0 Å². The van der Waals surface area contributed by atoms with Gasteiger partial charge in [-0.15, -0.1) is 10.2 Å². The van der Waals surface area contributed by atoms with Crippen LogP contribution in [0.2, 0.25) is 0 Å². The third-order valence-electron chi connectivity index (χ3n) is 4.63. The summed E-state index contributed by atoms with van der Waals surface area (Å²) in [7, 11) is -3.64. The SMILES string of the molecule is O=S(=O)(NC1CCCC1)c1ccc(-c2nnc(C3CCC3)o2)o1. The molecular formula is C15H19N3O4S. The van der Waals surface area contributed by atoms with E-state index in [-0.39, 0.29) is 22.8 Å². The van der Waals surface area contributed by atoms with Gasteiger partial charge in [-0.2, -0.15) is 0 Å². The van der Waals surface area contributed by atoms with Gasteiger partial charge in [0.15, 0.2) is 5.76 Å². The lowest BCUT2D eigenvalue weighted by Crippen LogP contribution is -2.32. The second kappa shape index (κ2) is 5.76. The maximum absolute atomic E-state index is 12.3. The summed E-state index contributed by atoms with van der Waals surface area (Å²) in [6, 6.07) is 2.99. The van der Waals surface area contributed by atoms with E-state index in [1.54, 1.807) is 6.07 Å². The Labute approximate surface area is 134 Å². The van der Waals surface area contributed by atoms with Gasteiger partial charge in [-0.3, -0.25) is 0 Å². The minimum absolute atomic E-state index is 0.00201. The number of nitrogens with one attached hydrogen (secondary N) is 1. The topological polar surface area (TPSA) is 98.2 Å². The van der Waals surface area contributed by atoms with E-state index < -0.39 is 10.0 Å². The standard InChI is InChI=1S/C15H19N3O4S/c19-23(20,18-11-6-1-2-7-11)13-9-8-12(21-13)15-17-16-14(22-15)10-4-3-5-10/h8-11,18H,1-7H2. The zero-order valence-corrected chi connectivity index (χ0v) is 13.5. The van der Waals surface area contributed by atoms with Gasteiger partial charge in [0.05, 0.1) is 0 Å². The molecule has 2 aromatic rings. The number of furan rings is 1. The number of hydrogen-bond acceptors (Lipinski definition) is 6. The molecule has 2 aliphatic rings. The van der Waals surface area contributed by atoms with Crippen LogP contribution >= 0.6 is 0 Å². The predicted octanol–water partition coefficient (Wildman–Crippen LogP) is 2.82. The Kier molecular flexibility index (Phi) is 3.73. The summed E-state index contributed by atoms with van der Waals surface area (Å²) < 4.78 is 38.4. The summed E-state index contributed by atoms with van der Waals surface area (Å²) in [6.07, 6.45) is 7.17. The Balaban J connectivity index is 1.52. The van der Waals surface area contributed by atoms with Gasteiger partial charge < -0.3 is 8.83 Å². The van der Waals surface area contributed by atoms with Crippen LogP contribution in [0.15, 0.2) is 26.1 Å². The summed E-state index contributed by atoms with van der Waals surface area (Å²) in [4.78, 5) is 0. The number of rotatable bonds is 5. The van der Waals surface area contributed by atoms with E-state index in [1.807, 2.05) is 0 Å². The monoisotopic (exact) mass is 337 g/mol. The van der Waals surface area contributed by atoms with Crippen molar-refractivity contribution in [3.05, 3.63) is 18.0 Å². The average molecular weight is 337 g/mol. The molecule has 7 nitrogen and oxygen atoms in total. The quantitative estimate of drug-likeness (QED) is 0.901. The molecule has 2 saturated carbocycles. The first kappa shape index (κ1) is 14.9. The van der Waals surface area contributed by atoms with Gasteiger partial charge in [0.25, 0.3) is 15.9 Å². The van der Waals surface area contributed by atoms with Crippen molar-refractivity contribution in [2.75, 3.05) is 0 Å². The van der Waals surface area contributed by atoms with Gasteiger partial charge >= 0.3 is 0 Å². The predicted molar refractivity (Wildman–Crippen MR) is 81.2 cm³/mol. The van der Waals surface area contributed by atoms with Crippen LogP contribution in [0.3, 0.4) is 0 Å². The van der Waals surface area contributed by atoms with E-state index in [1.165, 1.54) is 12.5 Å². The Morgan fingerprint density at radius 1 is 1.00 bits per heavy atom. The average Bonchev–Trinajstić information content (AvgIpc) is 3.16. The van der Waals surface area contributed by atoms with E-state index in [0.29, 0.717) is 11.8 Å². The van der Waals surface area contributed by atoms with Crippen LogP contribution in [-0.4, -0.2) is 24.7 Å². The summed E-state index contributed by atoms with van der Waals surface area (Å²) in [5.74, 6) is 1.46. The van der Waals surface area contributed by atoms with E-state index in [9.17, 15) is 8.42 Å². The second-order valence-electron chi connectivity index (χ2n) is 6.29. The van der Waals surface area contributed by atoms with E-state index in [2.05, 4.69) is 14.9 Å². The molecule has 2 heterocycles. The third kappa shape index (κ3) is 2.92. The first-order valence-electron chi connectivity index (χ1n) is 8.08. The van der Waals surface area contributed by atoms with Crippen LogP contribution in [0.1, 0.15) is 56.8 Å². The summed E-state index contributed by atoms with van der Waals surface area (Å²) in [6.45, 7) is 0. The molecular weight excluding hydrogens is 318 g/mol. The molecule has 0 spiro atoms. The van der Waals surface area contributed by atoms with Gasteiger partial charge in [0.1, 0.15) is 0 Å². The molecule has 8 heteroatoms. The molecule has 0 radical (unpaired) electrons. The van der Waals surface area contributed by atoms with Crippen LogP contribution in [0.25, 0.3) is 11.7 Å². The maximum atomic E-state index is 12.3. The van der Waals surface area contributed by atoms with Gasteiger partial charge in [-0.05, 0) is 37.8 Å². The van der Waals surface area contributed by atoms with Gasteiger partial charge in [0, 0.05) is 12.0 Å². The minimum atomic E-state index is -3.64. The molecule has 0 atom stereocenters. The smallest absolute Gasteiger partial charge is 0.283 e. The van der Waals surface area contributed by atoms with E-state index in [0.717, 1.165) is 38.5 Å². The Bertz CT molecular complexity index is 785. The number of sulfonamides is 1. The highest BCUT2D eigenvalue weighted by Crippen LogP contribution is 2.36. The minimum Gasteiger partial charge on any atom is -0.438 e. The largest absolute Gasteiger partial charge is 0.438 e. The van der Waals surface area contributed by atoms with Crippen LogP contribution in [0, 0.1) is 0 Å². The number of nitrogens with zero attached hydrogens (tertiary/aromatic N) is 2. The highest BCUT2D eigenvalue weighted by atomic mass is 32.2. The molecule has 0 aromatic carbocycles. The summed E-state index contributed by atoms with van der Waals surface area (Å²) in [5.41, 5.74) is 0. The number of hydrogen-bond donors (Lipinski definition) is 1. The third-order valence-corrected chi connectivity index (χ3v) is 6.02. The van der Waals surface area contributed by atoms with Crippen molar-refractivity contribution in [2.24, 2.45) is 0 Å². The fourth-order valence-electron chi connectivity index (χ4n) is 3.05. The van der Waals surface area contributed by atoms with Gasteiger partial charge in [0.2, 0.25) is 11.0 Å². The molecule has 1 N–H and O–H groups in total. The van der Waals surface area contributed by atoms with Crippen molar-refractivity contribution in [1.82, 2.24) is 14.9 Å². The van der Waals surface area contributed by atoms with Crippen molar-refractivity contribution >= 4 is 10.0 Å². The van der Waals surface area contributed by atoms with Crippen LogP contribution < -0.4 is 4.72 Å². The number of aromatic nitrogens is 2. The highest BCUT2D eigenvalue weighted by molar-refractivity contribution is 7.89. The van der Waals surface area contributed by atoms with Crippen molar-refractivity contribution < 1.29 is 17.3 Å². The molecule has 2 aliphatic carbocycles. The fraction of sp³-hybridized carbons (Fsp3) is 0.600.